The summed E-state index contributed by atoms with van der Waals surface area (Å²) in [6.45, 7) is 3.40. The molecule has 0 radical (unpaired) electrons. The minimum absolute atomic E-state index is 0.704. The number of fused-ring (bicyclic) bond motifs is 1. The van der Waals surface area contributed by atoms with Crippen LogP contribution in [-0.2, 0) is 0 Å². The Morgan fingerprint density at radius 1 is 1.23 bits per heavy atom. The molecule has 3 heteroatoms. The summed E-state index contributed by atoms with van der Waals surface area (Å²) in [6, 6.07) is 3.71. The van der Waals surface area contributed by atoms with Crippen LogP contribution in [0.3, 0.4) is 0 Å². The van der Waals surface area contributed by atoms with Crippen LogP contribution < -0.4 is 15.2 Å². The molecule has 1 aliphatic heterocycles. The maximum atomic E-state index is 5.70. The van der Waals surface area contributed by atoms with Crippen LogP contribution in [0.4, 0.5) is 5.69 Å². The second kappa shape index (κ2) is 3.17. The van der Waals surface area contributed by atoms with E-state index in [4.69, 9.17) is 15.2 Å². The Morgan fingerprint density at radius 2 is 2.00 bits per heavy atom. The van der Waals surface area contributed by atoms with Crippen molar-refractivity contribution < 1.29 is 9.47 Å². The highest BCUT2D eigenvalue weighted by Crippen LogP contribution is 2.34. The van der Waals surface area contributed by atoms with Crippen molar-refractivity contribution in [3.8, 4) is 11.5 Å². The zero-order valence-corrected chi connectivity index (χ0v) is 7.67. The quantitative estimate of drug-likeness (QED) is 0.617. The summed E-state index contributed by atoms with van der Waals surface area (Å²) in [6.07, 6.45) is 0.925. The minimum Gasteiger partial charge on any atom is -0.489 e. The van der Waals surface area contributed by atoms with E-state index in [1.807, 2.05) is 19.1 Å². The van der Waals surface area contributed by atoms with Crippen molar-refractivity contribution in [3.05, 3.63) is 17.7 Å². The third kappa shape index (κ3) is 1.54. The number of aryl methyl sites for hydroxylation is 1. The van der Waals surface area contributed by atoms with Gasteiger partial charge >= 0.3 is 0 Å². The van der Waals surface area contributed by atoms with Crippen molar-refractivity contribution in [2.24, 2.45) is 0 Å². The molecule has 2 rings (SSSR count). The number of rotatable bonds is 0. The first-order valence-corrected chi connectivity index (χ1v) is 4.43. The summed E-state index contributed by atoms with van der Waals surface area (Å²) in [5.41, 5.74) is 7.46. The first-order chi connectivity index (χ1) is 6.27. The van der Waals surface area contributed by atoms with Gasteiger partial charge in [-0.2, -0.15) is 0 Å². The molecule has 0 amide bonds. The molecule has 1 aromatic carbocycles. The molecule has 70 valence electrons. The largest absolute Gasteiger partial charge is 0.489 e. The maximum Gasteiger partial charge on any atom is 0.164 e. The Bertz CT molecular complexity index is 323. The minimum atomic E-state index is 0.704. The van der Waals surface area contributed by atoms with Gasteiger partial charge in [0.1, 0.15) is 0 Å². The lowest BCUT2D eigenvalue weighted by molar-refractivity contribution is 0.296. The zero-order valence-electron chi connectivity index (χ0n) is 7.67. The highest BCUT2D eigenvalue weighted by molar-refractivity contribution is 5.56. The summed E-state index contributed by atoms with van der Waals surface area (Å²) in [4.78, 5) is 0. The lowest BCUT2D eigenvalue weighted by Gasteiger charge is -2.10. The molecule has 13 heavy (non-hydrogen) atoms. The average Bonchev–Trinajstić information content (AvgIpc) is 2.28. The van der Waals surface area contributed by atoms with Gasteiger partial charge in [-0.05, 0) is 18.6 Å². The number of hydrogen-bond acceptors (Lipinski definition) is 3. The van der Waals surface area contributed by atoms with Gasteiger partial charge in [0.25, 0.3) is 0 Å². The molecule has 0 atom stereocenters. The van der Waals surface area contributed by atoms with E-state index in [9.17, 15) is 0 Å². The molecule has 1 aliphatic rings. The van der Waals surface area contributed by atoms with Crippen LogP contribution in [0.1, 0.15) is 12.0 Å². The molecular formula is C10H13NO2. The van der Waals surface area contributed by atoms with Crippen molar-refractivity contribution in [1.29, 1.82) is 0 Å². The highest BCUT2D eigenvalue weighted by Gasteiger charge is 2.12. The molecule has 1 heterocycles. The molecule has 0 aromatic heterocycles. The van der Waals surface area contributed by atoms with E-state index in [0.717, 1.165) is 35.8 Å². The molecule has 1 aromatic rings. The van der Waals surface area contributed by atoms with Gasteiger partial charge in [0, 0.05) is 18.2 Å². The lowest BCUT2D eigenvalue weighted by atomic mass is 10.2. The molecular weight excluding hydrogens is 166 g/mol. The topological polar surface area (TPSA) is 44.5 Å². The second-order valence-corrected chi connectivity index (χ2v) is 3.22. The number of benzene rings is 1. The van der Waals surface area contributed by atoms with Gasteiger partial charge in [0.2, 0.25) is 0 Å². The molecule has 0 spiro atoms. The van der Waals surface area contributed by atoms with Gasteiger partial charge in [-0.25, -0.2) is 0 Å². The Balaban J connectivity index is 2.47. The van der Waals surface area contributed by atoms with E-state index < -0.39 is 0 Å². The zero-order chi connectivity index (χ0) is 9.26. The average molecular weight is 179 g/mol. The molecule has 3 nitrogen and oxygen atoms in total. The predicted octanol–water partition coefficient (Wildman–Crippen LogP) is 1.74. The fourth-order valence-corrected chi connectivity index (χ4v) is 1.48. The normalized spacial score (nSPS) is 15.2. The van der Waals surface area contributed by atoms with Crippen molar-refractivity contribution in [3.63, 3.8) is 0 Å². The van der Waals surface area contributed by atoms with E-state index in [1.165, 1.54) is 0 Å². The van der Waals surface area contributed by atoms with E-state index in [1.54, 1.807) is 0 Å². The molecule has 0 unspecified atom stereocenters. The summed E-state index contributed by atoms with van der Waals surface area (Å²) in [5, 5.41) is 0. The highest BCUT2D eigenvalue weighted by atomic mass is 16.5. The van der Waals surface area contributed by atoms with Crippen LogP contribution in [0.25, 0.3) is 0 Å². The summed E-state index contributed by atoms with van der Waals surface area (Å²) in [7, 11) is 0. The van der Waals surface area contributed by atoms with Gasteiger partial charge in [-0.1, -0.05) is 0 Å². The smallest absolute Gasteiger partial charge is 0.164 e. The molecule has 2 N–H and O–H groups in total. The monoisotopic (exact) mass is 179 g/mol. The summed E-state index contributed by atoms with van der Waals surface area (Å²) in [5.74, 6) is 1.61. The third-order valence-electron chi connectivity index (χ3n) is 2.06. The molecule has 0 fully saturated rings. The Morgan fingerprint density at radius 3 is 2.85 bits per heavy atom. The Kier molecular flexibility index (Phi) is 2.00. The van der Waals surface area contributed by atoms with Crippen LogP contribution in [0.2, 0.25) is 0 Å². The van der Waals surface area contributed by atoms with Gasteiger partial charge in [-0.3, -0.25) is 0 Å². The first-order valence-electron chi connectivity index (χ1n) is 4.43. The number of anilines is 1. The van der Waals surface area contributed by atoms with E-state index >= 15 is 0 Å². The van der Waals surface area contributed by atoms with Gasteiger partial charge in [0.15, 0.2) is 11.5 Å². The van der Waals surface area contributed by atoms with E-state index in [0.29, 0.717) is 6.61 Å². The number of ether oxygens (including phenoxy) is 2. The standard InChI is InChI=1S/C10H13NO2/c1-7-5-8(11)6-9-10(7)13-4-2-3-12-9/h5-6H,2-4,11H2,1H3. The van der Waals surface area contributed by atoms with Crippen LogP contribution >= 0.6 is 0 Å². The number of hydrogen-bond donors (Lipinski definition) is 1. The second-order valence-electron chi connectivity index (χ2n) is 3.22. The van der Waals surface area contributed by atoms with E-state index in [-0.39, 0.29) is 0 Å². The van der Waals surface area contributed by atoms with Crippen molar-refractivity contribution >= 4 is 5.69 Å². The van der Waals surface area contributed by atoms with Gasteiger partial charge in [0.05, 0.1) is 13.2 Å². The van der Waals surface area contributed by atoms with Crippen molar-refractivity contribution in [2.45, 2.75) is 13.3 Å². The Labute approximate surface area is 77.5 Å². The predicted molar refractivity (Wildman–Crippen MR) is 51.2 cm³/mol. The fourth-order valence-electron chi connectivity index (χ4n) is 1.48. The maximum absolute atomic E-state index is 5.70. The van der Waals surface area contributed by atoms with Crippen LogP contribution in [-0.4, -0.2) is 13.2 Å². The van der Waals surface area contributed by atoms with E-state index in [2.05, 4.69) is 0 Å². The summed E-state index contributed by atoms with van der Waals surface area (Å²) < 4.78 is 11.1. The van der Waals surface area contributed by atoms with Crippen LogP contribution in [0.5, 0.6) is 11.5 Å². The Hall–Kier alpha value is -1.38. The molecule has 0 aliphatic carbocycles. The molecule has 0 saturated heterocycles. The fraction of sp³-hybridized carbons (Fsp3) is 0.400. The van der Waals surface area contributed by atoms with Crippen LogP contribution in [0.15, 0.2) is 12.1 Å². The summed E-state index contributed by atoms with van der Waals surface area (Å²) >= 11 is 0. The number of nitrogens with two attached hydrogens (primary N) is 1. The van der Waals surface area contributed by atoms with Crippen molar-refractivity contribution in [1.82, 2.24) is 0 Å². The molecule has 0 saturated carbocycles. The number of nitrogen functional groups attached to an aromatic ring is 1. The van der Waals surface area contributed by atoms with Crippen molar-refractivity contribution in [2.75, 3.05) is 18.9 Å². The SMILES string of the molecule is Cc1cc(N)cc2c1OCCCO2. The van der Waals surface area contributed by atoms with Gasteiger partial charge in [-0.15, -0.1) is 0 Å². The first kappa shape index (κ1) is 8.23. The third-order valence-corrected chi connectivity index (χ3v) is 2.06. The van der Waals surface area contributed by atoms with Gasteiger partial charge < -0.3 is 15.2 Å². The van der Waals surface area contributed by atoms with Crippen LogP contribution in [0, 0.1) is 6.92 Å². The lowest BCUT2D eigenvalue weighted by Crippen LogP contribution is -1.97. The molecule has 0 bridgehead atoms.